The number of carbonyl (C=O) groups is 1. The summed E-state index contributed by atoms with van der Waals surface area (Å²) >= 11 is 0. The standard InChI is InChI=1S/C13H17N3O.ClH/c1-9(14)2-5-13(17)16-11-3-4-12-10(8-11)6-7-15-12;/h3-4,6-9,15H,2,5,14H2,1H3,(H,16,17);1H. The van der Waals surface area contributed by atoms with E-state index in [0.717, 1.165) is 16.6 Å². The van der Waals surface area contributed by atoms with Crippen LogP contribution >= 0.6 is 12.4 Å². The average molecular weight is 268 g/mol. The first-order chi connectivity index (χ1) is 8.15. The number of hydrogen-bond donors (Lipinski definition) is 3. The van der Waals surface area contributed by atoms with E-state index in [9.17, 15) is 4.79 Å². The summed E-state index contributed by atoms with van der Waals surface area (Å²) in [7, 11) is 0. The van der Waals surface area contributed by atoms with E-state index in [-0.39, 0.29) is 24.4 Å². The van der Waals surface area contributed by atoms with Crippen LogP contribution in [0.25, 0.3) is 10.9 Å². The number of amides is 1. The van der Waals surface area contributed by atoms with Gasteiger partial charge in [-0.1, -0.05) is 0 Å². The Labute approximate surface area is 112 Å². The zero-order chi connectivity index (χ0) is 12.3. The Morgan fingerprint density at radius 1 is 1.44 bits per heavy atom. The number of rotatable bonds is 4. The van der Waals surface area contributed by atoms with E-state index < -0.39 is 0 Å². The Morgan fingerprint density at radius 2 is 2.22 bits per heavy atom. The molecule has 0 bridgehead atoms. The van der Waals surface area contributed by atoms with Crippen molar-refractivity contribution >= 4 is 34.9 Å². The van der Waals surface area contributed by atoms with Gasteiger partial charge in [-0.05, 0) is 37.6 Å². The Balaban J connectivity index is 0.00000162. The average Bonchev–Trinajstić information content (AvgIpc) is 2.73. The predicted octanol–water partition coefficient (Wildman–Crippen LogP) is 2.66. The van der Waals surface area contributed by atoms with E-state index >= 15 is 0 Å². The fourth-order valence-electron chi connectivity index (χ4n) is 1.71. The Kier molecular flexibility index (Phi) is 5.19. The third kappa shape index (κ3) is 3.75. The molecule has 1 aromatic heterocycles. The lowest BCUT2D eigenvalue weighted by molar-refractivity contribution is -0.116. The fourth-order valence-corrected chi connectivity index (χ4v) is 1.71. The van der Waals surface area contributed by atoms with Crippen LogP contribution in [0.4, 0.5) is 5.69 Å². The van der Waals surface area contributed by atoms with Crippen LogP contribution in [-0.4, -0.2) is 16.9 Å². The van der Waals surface area contributed by atoms with E-state index in [0.29, 0.717) is 12.8 Å². The van der Waals surface area contributed by atoms with Crippen LogP contribution in [0.3, 0.4) is 0 Å². The fraction of sp³-hybridized carbons (Fsp3) is 0.308. The molecule has 0 spiro atoms. The van der Waals surface area contributed by atoms with Gasteiger partial charge in [0.05, 0.1) is 0 Å². The first-order valence-corrected chi connectivity index (χ1v) is 5.78. The number of anilines is 1. The van der Waals surface area contributed by atoms with E-state index in [1.54, 1.807) is 0 Å². The minimum Gasteiger partial charge on any atom is -0.361 e. The third-order valence-corrected chi connectivity index (χ3v) is 2.66. The summed E-state index contributed by atoms with van der Waals surface area (Å²) in [5.41, 5.74) is 7.50. The molecule has 1 atom stereocenters. The normalized spacial score (nSPS) is 11.9. The molecule has 0 aliphatic heterocycles. The lowest BCUT2D eigenvalue weighted by Gasteiger charge is -2.07. The van der Waals surface area contributed by atoms with Crippen molar-refractivity contribution in [2.45, 2.75) is 25.8 Å². The van der Waals surface area contributed by atoms with Crippen LogP contribution in [0.1, 0.15) is 19.8 Å². The number of benzene rings is 1. The van der Waals surface area contributed by atoms with Crippen molar-refractivity contribution < 1.29 is 4.79 Å². The SMILES string of the molecule is CC(N)CCC(=O)Nc1ccc2[nH]ccc2c1.Cl. The lowest BCUT2D eigenvalue weighted by atomic mass is 10.2. The molecule has 2 rings (SSSR count). The molecule has 1 aromatic carbocycles. The summed E-state index contributed by atoms with van der Waals surface area (Å²) in [6, 6.07) is 7.84. The molecule has 0 fully saturated rings. The predicted molar refractivity (Wildman–Crippen MR) is 77.1 cm³/mol. The van der Waals surface area contributed by atoms with Gasteiger partial charge in [-0.25, -0.2) is 0 Å². The van der Waals surface area contributed by atoms with E-state index in [1.165, 1.54) is 0 Å². The maximum absolute atomic E-state index is 11.6. The van der Waals surface area contributed by atoms with E-state index in [1.807, 2.05) is 37.4 Å². The largest absolute Gasteiger partial charge is 0.361 e. The number of carbonyl (C=O) groups excluding carboxylic acids is 1. The topological polar surface area (TPSA) is 70.9 Å². The zero-order valence-corrected chi connectivity index (χ0v) is 11.1. The molecule has 18 heavy (non-hydrogen) atoms. The molecule has 4 nitrogen and oxygen atoms in total. The highest BCUT2D eigenvalue weighted by Crippen LogP contribution is 2.17. The minimum absolute atomic E-state index is 0. The number of hydrogen-bond acceptors (Lipinski definition) is 2. The number of fused-ring (bicyclic) bond motifs is 1. The molecule has 98 valence electrons. The summed E-state index contributed by atoms with van der Waals surface area (Å²) in [5, 5.41) is 3.96. The second-order valence-electron chi connectivity index (χ2n) is 4.34. The maximum atomic E-state index is 11.6. The van der Waals surface area contributed by atoms with Gasteiger partial charge < -0.3 is 16.0 Å². The van der Waals surface area contributed by atoms with Gasteiger partial charge in [-0.3, -0.25) is 4.79 Å². The van der Waals surface area contributed by atoms with Crippen LogP contribution in [0.2, 0.25) is 0 Å². The van der Waals surface area contributed by atoms with Gasteiger partial charge in [0.25, 0.3) is 0 Å². The molecule has 0 aliphatic rings. The van der Waals surface area contributed by atoms with E-state index in [4.69, 9.17) is 5.73 Å². The third-order valence-electron chi connectivity index (χ3n) is 2.66. The second-order valence-corrected chi connectivity index (χ2v) is 4.34. The number of nitrogens with one attached hydrogen (secondary N) is 2. The van der Waals surface area contributed by atoms with Crippen molar-refractivity contribution in [3.05, 3.63) is 30.5 Å². The van der Waals surface area contributed by atoms with E-state index in [2.05, 4.69) is 10.3 Å². The highest BCUT2D eigenvalue weighted by molar-refractivity contribution is 5.93. The molecule has 4 N–H and O–H groups in total. The molecule has 0 saturated carbocycles. The van der Waals surface area contributed by atoms with Gasteiger partial charge in [0.15, 0.2) is 0 Å². The van der Waals surface area contributed by atoms with Gasteiger partial charge in [0.1, 0.15) is 0 Å². The van der Waals surface area contributed by atoms with Gasteiger partial charge in [-0.15, -0.1) is 12.4 Å². The molecule has 1 unspecified atom stereocenters. The van der Waals surface area contributed by atoms with Crippen LogP contribution in [0.15, 0.2) is 30.5 Å². The molecule has 0 radical (unpaired) electrons. The molecular weight excluding hydrogens is 250 g/mol. The number of aromatic nitrogens is 1. The van der Waals surface area contributed by atoms with Crippen molar-refractivity contribution in [2.75, 3.05) is 5.32 Å². The molecule has 5 heteroatoms. The molecule has 2 aromatic rings. The second kappa shape index (κ2) is 6.42. The number of nitrogens with two attached hydrogens (primary N) is 1. The van der Waals surface area contributed by atoms with Crippen LogP contribution in [-0.2, 0) is 4.79 Å². The van der Waals surface area contributed by atoms with Crippen LogP contribution in [0.5, 0.6) is 0 Å². The minimum atomic E-state index is 0. The van der Waals surface area contributed by atoms with Crippen LogP contribution in [0, 0.1) is 0 Å². The monoisotopic (exact) mass is 267 g/mol. The summed E-state index contributed by atoms with van der Waals surface area (Å²) in [5.74, 6) is 0.0113. The number of halogens is 1. The highest BCUT2D eigenvalue weighted by atomic mass is 35.5. The molecule has 1 heterocycles. The van der Waals surface area contributed by atoms with Gasteiger partial charge in [0, 0.05) is 35.2 Å². The van der Waals surface area contributed by atoms with Crippen molar-refractivity contribution in [3.63, 3.8) is 0 Å². The van der Waals surface area contributed by atoms with Gasteiger partial charge in [-0.2, -0.15) is 0 Å². The molecule has 1 amide bonds. The lowest BCUT2D eigenvalue weighted by Crippen LogP contribution is -2.19. The summed E-state index contributed by atoms with van der Waals surface area (Å²) in [6.07, 6.45) is 3.05. The summed E-state index contributed by atoms with van der Waals surface area (Å²) in [4.78, 5) is 14.7. The smallest absolute Gasteiger partial charge is 0.224 e. The Morgan fingerprint density at radius 3 is 2.94 bits per heavy atom. The number of aromatic amines is 1. The quantitative estimate of drug-likeness (QED) is 0.797. The highest BCUT2D eigenvalue weighted by Gasteiger charge is 2.04. The zero-order valence-electron chi connectivity index (χ0n) is 10.3. The maximum Gasteiger partial charge on any atom is 0.224 e. The molecular formula is C13H18ClN3O. The molecule has 0 aliphatic carbocycles. The number of H-pyrrole nitrogens is 1. The first-order valence-electron chi connectivity index (χ1n) is 5.78. The van der Waals surface area contributed by atoms with Crippen molar-refractivity contribution in [2.24, 2.45) is 5.73 Å². The Bertz CT molecular complexity index is 522. The summed E-state index contributed by atoms with van der Waals surface area (Å²) in [6.45, 7) is 1.90. The van der Waals surface area contributed by atoms with Gasteiger partial charge in [0.2, 0.25) is 5.91 Å². The molecule has 0 saturated heterocycles. The summed E-state index contributed by atoms with van der Waals surface area (Å²) < 4.78 is 0. The van der Waals surface area contributed by atoms with Gasteiger partial charge >= 0.3 is 0 Å². The van der Waals surface area contributed by atoms with Crippen LogP contribution < -0.4 is 11.1 Å². The van der Waals surface area contributed by atoms with Crippen molar-refractivity contribution in [1.29, 1.82) is 0 Å². The van der Waals surface area contributed by atoms with Crippen molar-refractivity contribution in [1.82, 2.24) is 4.98 Å². The Hall–Kier alpha value is -1.52. The van der Waals surface area contributed by atoms with Crippen molar-refractivity contribution in [3.8, 4) is 0 Å². The first kappa shape index (κ1) is 14.5.